The maximum absolute atomic E-state index is 13.3. The third-order valence-corrected chi connectivity index (χ3v) is 5.02. The van der Waals surface area contributed by atoms with Crippen LogP contribution in [0.5, 0.6) is 0 Å². The third-order valence-electron chi connectivity index (χ3n) is 5.02. The van der Waals surface area contributed by atoms with E-state index in [4.69, 9.17) is 4.42 Å². The second-order valence-corrected chi connectivity index (χ2v) is 6.87. The van der Waals surface area contributed by atoms with Gasteiger partial charge in [0, 0.05) is 37.3 Å². The van der Waals surface area contributed by atoms with Gasteiger partial charge in [-0.1, -0.05) is 0 Å². The SMILES string of the molecule is Cn1ccnc1[C@@H](O)[C@@H]1CCCN(Cc2cc3cc(F)ccc3o2)C1. The molecular formula is C19H22FN3O2. The Labute approximate surface area is 145 Å². The van der Waals surface area contributed by atoms with Crippen LogP contribution in [0.3, 0.4) is 0 Å². The molecule has 0 radical (unpaired) electrons. The van der Waals surface area contributed by atoms with Crippen molar-refractivity contribution in [3.05, 3.63) is 54.1 Å². The van der Waals surface area contributed by atoms with Crippen molar-refractivity contribution in [3.63, 3.8) is 0 Å². The van der Waals surface area contributed by atoms with Gasteiger partial charge in [0.2, 0.25) is 0 Å². The first-order valence-electron chi connectivity index (χ1n) is 8.66. The minimum atomic E-state index is -0.562. The monoisotopic (exact) mass is 343 g/mol. The third kappa shape index (κ3) is 3.32. The molecule has 1 N–H and O–H groups in total. The number of furan rings is 1. The minimum Gasteiger partial charge on any atom is -0.460 e. The van der Waals surface area contributed by atoms with Crippen LogP contribution in [0.1, 0.15) is 30.5 Å². The Bertz CT molecular complexity index is 873. The van der Waals surface area contributed by atoms with Crippen molar-refractivity contribution < 1.29 is 13.9 Å². The Balaban J connectivity index is 1.46. The Morgan fingerprint density at radius 3 is 3.08 bits per heavy atom. The summed E-state index contributed by atoms with van der Waals surface area (Å²) < 4.78 is 21.0. The van der Waals surface area contributed by atoms with E-state index in [2.05, 4.69) is 9.88 Å². The van der Waals surface area contributed by atoms with E-state index in [0.29, 0.717) is 18.0 Å². The van der Waals surface area contributed by atoms with Gasteiger partial charge in [0.15, 0.2) is 0 Å². The number of aliphatic hydroxyl groups excluding tert-OH is 1. The number of hydrogen-bond acceptors (Lipinski definition) is 4. The summed E-state index contributed by atoms with van der Waals surface area (Å²) in [6, 6.07) is 6.47. The summed E-state index contributed by atoms with van der Waals surface area (Å²) in [6.07, 6.45) is 5.02. The van der Waals surface area contributed by atoms with Crippen LogP contribution in [-0.4, -0.2) is 32.6 Å². The Morgan fingerprint density at radius 1 is 1.40 bits per heavy atom. The molecule has 2 aromatic heterocycles. The fraction of sp³-hybridized carbons (Fsp3) is 0.421. The van der Waals surface area contributed by atoms with Gasteiger partial charge in [0.1, 0.15) is 29.1 Å². The summed E-state index contributed by atoms with van der Waals surface area (Å²) in [5.74, 6) is 1.44. The number of piperidine rings is 1. The van der Waals surface area contributed by atoms with E-state index in [1.54, 1.807) is 12.3 Å². The molecule has 0 unspecified atom stereocenters. The first-order valence-corrected chi connectivity index (χ1v) is 8.66. The van der Waals surface area contributed by atoms with Gasteiger partial charge in [-0.05, 0) is 43.7 Å². The fourth-order valence-corrected chi connectivity index (χ4v) is 3.73. The van der Waals surface area contributed by atoms with Crippen molar-refractivity contribution in [1.82, 2.24) is 14.5 Å². The van der Waals surface area contributed by atoms with Crippen LogP contribution in [0.4, 0.5) is 4.39 Å². The molecule has 1 aliphatic heterocycles. The highest BCUT2D eigenvalue weighted by Crippen LogP contribution is 2.30. The van der Waals surface area contributed by atoms with E-state index >= 15 is 0 Å². The molecule has 2 atom stereocenters. The van der Waals surface area contributed by atoms with Crippen LogP contribution in [0.25, 0.3) is 11.0 Å². The number of aliphatic hydroxyl groups is 1. The number of halogens is 1. The number of imidazole rings is 1. The number of aromatic nitrogens is 2. The molecule has 0 spiro atoms. The van der Waals surface area contributed by atoms with Crippen LogP contribution < -0.4 is 0 Å². The number of fused-ring (bicyclic) bond motifs is 1. The van der Waals surface area contributed by atoms with Gasteiger partial charge in [-0.25, -0.2) is 9.37 Å². The van der Waals surface area contributed by atoms with Gasteiger partial charge in [-0.3, -0.25) is 4.90 Å². The van der Waals surface area contributed by atoms with Gasteiger partial charge in [0.25, 0.3) is 0 Å². The van der Waals surface area contributed by atoms with Gasteiger partial charge in [-0.15, -0.1) is 0 Å². The zero-order chi connectivity index (χ0) is 17.4. The molecular weight excluding hydrogens is 321 g/mol. The van der Waals surface area contributed by atoms with Crippen LogP contribution in [-0.2, 0) is 13.6 Å². The molecule has 1 aromatic carbocycles. The molecule has 1 fully saturated rings. The quantitative estimate of drug-likeness (QED) is 0.790. The summed E-state index contributed by atoms with van der Waals surface area (Å²) in [6.45, 7) is 2.43. The highest BCUT2D eigenvalue weighted by Gasteiger charge is 2.29. The van der Waals surface area contributed by atoms with E-state index in [-0.39, 0.29) is 11.7 Å². The van der Waals surface area contributed by atoms with Crippen LogP contribution >= 0.6 is 0 Å². The van der Waals surface area contributed by atoms with Crippen molar-refractivity contribution in [2.75, 3.05) is 13.1 Å². The molecule has 132 valence electrons. The van der Waals surface area contributed by atoms with Crippen molar-refractivity contribution in [2.24, 2.45) is 13.0 Å². The Kier molecular flexibility index (Phi) is 4.31. The summed E-state index contributed by atoms with van der Waals surface area (Å²) in [7, 11) is 1.90. The second kappa shape index (κ2) is 6.61. The summed E-state index contributed by atoms with van der Waals surface area (Å²) in [5, 5.41) is 11.5. The Morgan fingerprint density at radius 2 is 2.28 bits per heavy atom. The van der Waals surface area contributed by atoms with E-state index in [1.165, 1.54) is 12.1 Å². The van der Waals surface area contributed by atoms with E-state index < -0.39 is 6.10 Å². The molecule has 0 bridgehead atoms. The molecule has 3 aromatic rings. The van der Waals surface area contributed by atoms with E-state index in [0.717, 1.165) is 37.1 Å². The maximum atomic E-state index is 13.3. The highest BCUT2D eigenvalue weighted by atomic mass is 19.1. The van der Waals surface area contributed by atoms with Crippen molar-refractivity contribution in [3.8, 4) is 0 Å². The smallest absolute Gasteiger partial charge is 0.137 e. The first-order chi connectivity index (χ1) is 12.1. The van der Waals surface area contributed by atoms with Gasteiger partial charge in [0.05, 0.1) is 6.54 Å². The zero-order valence-electron chi connectivity index (χ0n) is 14.2. The molecule has 5 nitrogen and oxygen atoms in total. The molecule has 3 heterocycles. The lowest BCUT2D eigenvalue weighted by Gasteiger charge is -2.34. The van der Waals surface area contributed by atoms with Gasteiger partial charge >= 0.3 is 0 Å². The molecule has 4 rings (SSSR count). The van der Waals surface area contributed by atoms with Crippen LogP contribution in [0, 0.1) is 11.7 Å². The van der Waals surface area contributed by atoms with E-state index in [9.17, 15) is 9.50 Å². The topological polar surface area (TPSA) is 54.4 Å². The number of benzene rings is 1. The number of nitrogens with zero attached hydrogens (tertiary/aromatic N) is 3. The van der Waals surface area contributed by atoms with Crippen LogP contribution in [0.15, 0.2) is 41.1 Å². The van der Waals surface area contributed by atoms with Crippen molar-refractivity contribution in [1.29, 1.82) is 0 Å². The summed E-state index contributed by atoms with van der Waals surface area (Å²) in [4.78, 5) is 6.56. The molecule has 0 amide bonds. The predicted molar refractivity (Wildman–Crippen MR) is 92.3 cm³/mol. The molecule has 1 saturated heterocycles. The van der Waals surface area contributed by atoms with Gasteiger partial charge in [-0.2, -0.15) is 0 Å². The second-order valence-electron chi connectivity index (χ2n) is 6.87. The zero-order valence-corrected chi connectivity index (χ0v) is 14.2. The molecule has 0 saturated carbocycles. The molecule has 0 aliphatic carbocycles. The summed E-state index contributed by atoms with van der Waals surface area (Å²) >= 11 is 0. The number of rotatable bonds is 4. The average Bonchev–Trinajstić information content (AvgIpc) is 3.19. The lowest BCUT2D eigenvalue weighted by Crippen LogP contribution is -2.37. The lowest BCUT2D eigenvalue weighted by molar-refractivity contribution is 0.0385. The lowest BCUT2D eigenvalue weighted by atomic mass is 9.92. The first kappa shape index (κ1) is 16.3. The number of aryl methyl sites for hydroxylation is 1. The van der Waals surface area contributed by atoms with Crippen LogP contribution in [0.2, 0.25) is 0 Å². The standard InChI is InChI=1S/C19H22FN3O2/c1-22-8-6-21-19(22)18(24)13-3-2-7-23(11-13)12-16-10-14-9-15(20)4-5-17(14)25-16/h4-6,8-10,13,18,24H,2-3,7,11-12H2,1H3/t13-,18+/m1/s1. The van der Waals surface area contributed by atoms with E-state index in [1.807, 2.05) is 23.9 Å². The molecule has 25 heavy (non-hydrogen) atoms. The fourth-order valence-electron chi connectivity index (χ4n) is 3.73. The van der Waals surface area contributed by atoms with Crippen molar-refractivity contribution >= 4 is 11.0 Å². The minimum absolute atomic E-state index is 0.150. The maximum Gasteiger partial charge on any atom is 0.137 e. The molecule has 6 heteroatoms. The highest BCUT2D eigenvalue weighted by molar-refractivity contribution is 5.77. The largest absolute Gasteiger partial charge is 0.460 e. The normalized spacial score (nSPS) is 20.2. The molecule has 1 aliphatic rings. The summed E-state index contributed by atoms with van der Waals surface area (Å²) in [5.41, 5.74) is 0.706. The Hall–Kier alpha value is -2.18. The van der Waals surface area contributed by atoms with Crippen molar-refractivity contribution in [2.45, 2.75) is 25.5 Å². The number of likely N-dealkylation sites (tertiary alicyclic amines) is 1. The number of hydrogen-bond donors (Lipinski definition) is 1. The van der Waals surface area contributed by atoms with Gasteiger partial charge < -0.3 is 14.1 Å². The predicted octanol–water partition coefficient (Wildman–Crippen LogP) is 3.25. The average molecular weight is 343 g/mol.